The standard InChI is InChI=1S/C44H33N5/c1-46-28-48(42-20-8-7-19-41(42)46)32-13-10-14-33(27-32)49-39-24-22-30(35-16-9-12-29-11-3-4-15-34(29)35)25-37(39)36-23-21-31(26-43(36)49)44-45-38-17-5-6-18-40(38)47(44)2/h3-27H,28H2,1-2H3. The lowest BCUT2D eigenvalue weighted by atomic mass is 9.97. The van der Waals surface area contributed by atoms with Crippen molar-refractivity contribution in [3.8, 4) is 28.2 Å². The molecule has 234 valence electrons. The highest BCUT2D eigenvalue weighted by molar-refractivity contribution is 6.12. The summed E-state index contributed by atoms with van der Waals surface area (Å²) in [5.41, 5.74) is 12.8. The number of fused-ring (bicyclic) bond motifs is 6. The van der Waals surface area contributed by atoms with Crippen LogP contribution in [0.4, 0.5) is 17.1 Å². The van der Waals surface area contributed by atoms with Crippen LogP contribution in [0.5, 0.6) is 0 Å². The van der Waals surface area contributed by atoms with Gasteiger partial charge in [-0.05, 0) is 82.6 Å². The third-order valence-corrected chi connectivity index (χ3v) is 10.2. The molecule has 0 spiro atoms. The predicted molar refractivity (Wildman–Crippen MR) is 205 cm³/mol. The number of nitrogens with zero attached hydrogens (tertiary/aromatic N) is 5. The molecule has 1 aliphatic heterocycles. The van der Waals surface area contributed by atoms with Gasteiger partial charge in [-0.15, -0.1) is 0 Å². The van der Waals surface area contributed by atoms with Crippen LogP contribution in [0.15, 0.2) is 152 Å². The first kappa shape index (κ1) is 27.8. The summed E-state index contributed by atoms with van der Waals surface area (Å²) in [6.07, 6.45) is 0. The van der Waals surface area contributed by atoms with Gasteiger partial charge in [0.25, 0.3) is 0 Å². The number of aryl methyl sites for hydroxylation is 1. The topological polar surface area (TPSA) is 29.2 Å². The van der Waals surface area contributed by atoms with E-state index in [9.17, 15) is 0 Å². The number of rotatable bonds is 4. The zero-order valence-electron chi connectivity index (χ0n) is 27.4. The maximum atomic E-state index is 5.07. The highest BCUT2D eigenvalue weighted by Crippen LogP contribution is 2.42. The summed E-state index contributed by atoms with van der Waals surface area (Å²) in [6, 6.07) is 55.0. The summed E-state index contributed by atoms with van der Waals surface area (Å²) in [6.45, 7) is 0.807. The van der Waals surface area contributed by atoms with Crippen molar-refractivity contribution in [2.75, 3.05) is 23.5 Å². The summed E-state index contributed by atoms with van der Waals surface area (Å²) in [7, 11) is 4.26. The lowest BCUT2D eigenvalue weighted by Crippen LogP contribution is -2.24. The van der Waals surface area contributed by atoms with Crippen LogP contribution in [0.1, 0.15) is 0 Å². The van der Waals surface area contributed by atoms with Gasteiger partial charge in [-0.3, -0.25) is 0 Å². The lowest BCUT2D eigenvalue weighted by Gasteiger charge is -2.21. The van der Waals surface area contributed by atoms with Gasteiger partial charge in [-0.2, -0.15) is 0 Å². The maximum Gasteiger partial charge on any atom is 0.140 e. The first-order valence-corrected chi connectivity index (χ1v) is 16.8. The molecule has 5 nitrogen and oxygen atoms in total. The molecule has 7 aromatic carbocycles. The molecule has 0 saturated heterocycles. The monoisotopic (exact) mass is 631 g/mol. The Morgan fingerprint density at radius 3 is 2.18 bits per heavy atom. The van der Waals surface area contributed by atoms with Crippen molar-refractivity contribution < 1.29 is 0 Å². The van der Waals surface area contributed by atoms with Crippen molar-refractivity contribution in [2.24, 2.45) is 7.05 Å². The molecular formula is C44H33N5. The average molecular weight is 632 g/mol. The molecule has 1 aliphatic rings. The average Bonchev–Trinajstić information content (AvgIpc) is 3.79. The van der Waals surface area contributed by atoms with Crippen molar-refractivity contribution in [1.82, 2.24) is 14.1 Å². The molecule has 3 heterocycles. The van der Waals surface area contributed by atoms with Crippen LogP contribution >= 0.6 is 0 Å². The number of hydrogen-bond acceptors (Lipinski definition) is 3. The molecule has 10 rings (SSSR count). The molecule has 0 N–H and O–H groups in total. The van der Waals surface area contributed by atoms with Gasteiger partial charge < -0.3 is 18.9 Å². The fourth-order valence-electron chi connectivity index (χ4n) is 7.89. The van der Waals surface area contributed by atoms with Crippen molar-refractivity contribution in [1.29, 1.82) is 0 Å². The quantitative estimate of drug-likeness (QED) is 0.194. The van der Waals surface area contributed by atoms with E-state index in [1.807, 2.05) is 0 Å². The molecule has 0 radical (unpaired) electrons. The van der Waals surface area contributed by atoms with Gasteiger partial charge in [-0.1, -0.05) is 91.0 Å². The number of para-hydroxylation sites is 4. The second-order valence-corrected chi connectivity index (χ2v) is 13.1. The molecule has 0 saturated carbocycles. The zero-order valence-corrected chi connectivity index (χ0v) is 27.4. The Morgan fingerprint density at radius 1 is 0.510 bits per heavy atom. The van der Waals surface area contributed by atoms with E-state index in [0.717, 1.165) is 40.3 Å². The molecule has 0 fully saturated rings. The number of aromatic nitrogens is 3. The Labute approximate surface area is 284 Å². The number of hydrogen-bond donors (Lipinski definition) is 0. The van der Waals surface area contributed by atoms with Gasteiger partial charge in [0.15, 0.2) is 0 Å². The molecule has 0 aliphatic carbocycles. The Balaban J connectivity index is 1.21. The van der Waals surface area contributed by atoms with Crippen LogP contribution < -0.4 is 9.80 Å². The van der Waals surface area contributed by atoms with Crippen LogP contribution in [-0.4, -0.2) is 27.8 Å². The molecular weight excluding hydrogens is 599 g/mol. The predicted octanol–water partition coefficient (Wildman–Crippen LogP) is 10.7. The fraction of sp³-hybridized carbons (Fsp3) is 0.0682. The summed E-state index contributed by atoms with van der Waals surface area (Å²) in [5, 5.41) is 4.96. The van der Waals surface area contributed by atoms with Gasteiger partial charge >= 0.3 is 0 Å². The van der Waals surface area contributed by atoms with E-state index in [-0.39, 0.29) is 0 Å². The third kappa shape index (κ3) is 4.22. The lowest BCUT2D eigenvalue weighted by molar-refractivity contribution is 0.948. The summed E-state index contributed by atoms with van der Waals surface area (Å²) >= 11 is 0. The van der Waals surface area contributed by atoms with Gasteiger partial charge in [0.2, 0.25) is 0 Å². The molecule has 0 unspecified atom stereocenters. The maximum absolute atomic E-state index is 5.07. The first-order chi connectivity index (χ1) is 24.1. The van der Waals surface area contributed by atoms with Crippen LogP contribution in [0.2, 0.25) is 0 Å². The first-order valence-electron chi connectivity index (χ1n) is 16.8. The Kier molecular flexibility index (Phi) is 6.00. The van der Waals surface area contributed by atoms with E-state index in [2.05, 4.69) is 185 Å². The molecule has 49 heavy (non-hydrogen) atoms. The van der Waals surface area contributed by atoms with Gasteiger partial charge in [0.05, 0.1) is 40.1 Å². The van der Waals surface area contributed by atoms with E-state index >= 15 is 0 Å². The van der Waals surface area contributed by atoms with Gasteiger partial charge in [0, 0.05) is 41.8 Å². The SMILES string of the molecule is CN1CN(c2cccc(-n3c4ccc(-c5cccc6ccccc56)cc4c4ccc(-c5nc6ccccc6n5C)cc43)c2)c2ccccc21. The van der Waals surface area contributed by atoms with E-state index in [4.69, 9.17) is 4.98 Å². The van der Waals surface area contributed by atoms with Gasteiger partial charge in [-0.25, -0.2) is 4.98 Å². The summed E-state index contributed by atoms with van der Waals surface area (Å²) in [5.74, 6) is 0.960. The Hall–Kier alpha value is -6.33. The van der Waals surface area contributed by atoms with Gasteiger partial charge in [0.1, 0.15) is 5.82 Å². The van der Waals surface area contributed by atoms with E-state index < -0.39 is 0 Å². The minimum atomic E-state index is 0.807. The Morgan fingerprint density at radius 2 is 1.27 bits per heavy atom. The van der Waals surface area contributed by atoms with E-state index in [0.29, 0.717) is 0 Å². The van der Waals surface area contributed by atoms with Crippen molar-refractivity contribution >= 4 is 60.7 Å². The number of imidazole rings is 1. The molecule has 9 aromatic rings. The van der Waals surface area contributed by atoms with Crippen LogP contribution in [0.3, 0.4) is 0 Å². The number of anilines is 3. The second-order valence-electron chi connectivity index (χ2n) is 13.1. The molecule has 5 heteroatoms. The molecule has 0 atom stereocenters. The normalized spacial score (nSPS) is 12.9. The fourth-order valence-corrected chi connectivity index (χ4v) is 7.89. The zero-order chi connectivity index (χ0) is 32.6. The number of benzene rings is 7. The van der Waals surface area contributed by atoms with Crippen LogP contribution in [-0.2, 0) is 7.05 Å². The molecule has 2 aromatic heterocycles. The van der Waals surface area contributed by atoms with Crippen molar-refractivity contribution in [3.05, 3.63) is 152 Å². The van der Waals surface area contributed by atoms with E-state index in [1.54, 1.807) is 0 Å². The van der Waals surface area contributed by atoms with Crippen LogP contribution in [0.25, 0.3) is 71.8 Å². The van der Waals surface area contributed by atoms with Crippen molar-refractivity contribution in [2.45, 2.75) is 0 Å². The Bertz CT molecular complexity index is 2740. The minimum Gasteiger partial charge on any atom is -0.355 e. The minimum absolute atomic E-state index is 0.807. The molecule has 0 bridgehead atoms. The highest BCUT2D eigenvalue weighted by Gasteiger charge is 2.25. The second kappa shape index (κ2) is 10.6. The smallest absolute Gasteiger partial charge is 0.140 e. The summed E-state index contributed by atoms with van der Waals surface area (Å²) in [4.78, 5) is 9.77. The molecule has 0 amide bonds. The highest BCUT2D eigenvalue weighted by atomic mass is 15.4. The van der Waals surface area contributed by atoms with E-state index in [1.165, 1.54) is 55.3 Å². The largest absolute Gasteiger partial charge is 0.355 e. The van der Waals surface area contributed by atoms with Crippen LogP contribution in [0, 0.1) is 0 Å². The summed E-state index contributed by atoms with van der Waals surface area (Å²) < 4.78 is 4.63. The third-order valence-electron chi connectivity index (χ3n) is 10.2. The van der Waals surface area contributed by atoms with Crippen molar-refractivity contribution in [3.63, 3.8) is 0 Å².